The van der Waals surface area contributed by atoms with Crippen LogP contribution in [0.4, 0.5) is 0 Å². The second-order valence-electron chi connectivity index (χ2n) is 4.07. The lowest BCUT2D eigenvalue weighted by Gasteiger charge is -2.12. The Bertz CT molecular complexity index is 337. The summed E-state index contributed by atoms with van der Waals surface area (Å²) in [7, 11) is 0. The van der Waals surface area contributed by atoms with E-state index in [9.17, 15) is 5.11 Å². The quantitative estimate of drug-likeness (QED) is 0.766. The molecule has 0 saturated heterocycles. The van der Waals surface area contributed by atoms with Crippen LogP contribution in [0.3, 0.4) is 0 Å². The molecule has 0 aromatic heterocycles. The highest BCUT2D eigenvalue weighted by Crippen LogP contribution is 2.24. The van der Waals surface area contributed by atoms with Gasteiger partial charge in [0.15, 0.2) is 0 Å². The molecule has 1 rings (SSSR count). The van der Waals surface area contributed by atoms with Gasteiger partial charge in [0, 0.05) is 5.02 Å². The molecule has 82 valence electrons. The van der Waals surface area contributed by atoms with Crippen LogP contribution in [0.1, 0.15) is 37.0 Å². The third-order valence-electron chi connectivity index (χ3n) is 2.29. The van der Waals surface area contributed by atoms with Gasteiger partial charge in [-0.05, 0) is 49.9 Å². The van der Waals surface area contributed by atoms with E-state index in [2.05, 4.69) is 6.58 Å². The molecule has 1 nitrogen and oxygen atoms in total. The van der Waals surface area contributed by atoms with Gasteiger partial charge in [-0.1, -0.05) is 23.2 Å². The van der Waals surface area contributed by atoms with Crippen LogP contribution in [0.15, 0.2) is 30.4 Å². The summed E-state index contributed by atoms with van der Waals surface area (Å²) in [5.74, 6) is 0. The van der Waals surface area contributed by atoms with Crippen LogP contribution >= 0.6 is 11.6 Å². The minimum atomic E-state index is -0.445. The second kappa shape index (κ2) is 5.34. The standard InChI is InChI=1S/C13H17ClO/c1-9(2)4-5-13(15)11-6-10(3)7-12(14)8-11/h6-8,13,15H,1,4-5H2,2-3H3. The topological polar surface area (TPSA) is 20.2 Å². The van der Waals surface area contributed by atoms with E-state index in [1.165, 1.54) is 0 Å². The van der Waals surface area contributed by atoms with Gasteiger partial charge >= 0.3 is 0 Å². The molecule has 0 aliphatic heterocycles. The minimum absolute atomic E-state index is 0.445. The third-order valence-corrected chi connectivity index (χ3v) is 2.51. The molecular formula is C13H17ClO. The zero-order valence-corrected chi connectivity index (χ0v) is 10.0. The first-order valence-corrected chi connectivity index (χ1v) is 5.46. The van der Waals surface area contributed by atoms with Gasteiger partial charge in [-0.15, -0.1) is 6.58 Å². The third kappa shape index (κ3) is 4.06. The number of aryl methyl sites for hydroxylation is 1. The Labute approximate surface area is 96.4 Å². The molecule has 2 heteroatoms. The van der Waals surface area contributed by atoms with E-state index in [-0.39, 0.29) is 0 Å². The highest BCUT2D eigenvalue weighted by atomic mass is 35.5. The Morgan fingerprint density at radius 1 is 1.47 bits per heavy atom. The fourth-order valence-corrected chi connectivity index (χ4v) is 1.80. The maximum absolute atomic E-state index is 9.92. The van der Waals surface area contributed by atoms with Crippen molar-refractivity contribution in [2.45, 2.75) is 32.8 Å². The molecule has 1 unspecified atom stereocenters. The molecule has 0 amide bonds. The number of aliphatic hydroxyl groups is 1. The van der Waals surface area contributed by atoms with E-state index in [0.29, 0.717) is 11.4 Å². The van der Waals surface area contributed by atoms with Gasteiger partial charge in [0.05, 0.1) is 6.10 Å². The van der Waals surface area contributed by atoms with Crippen molar-refractivity contribution >= 4 is 11.6 Å². The van der Waals surface area contributed by atoms with E-state index >= 15 is 0 Å². The molecule has 1 aromatic rings. The maximum atomic E-state index is 9.92. The monoisotopic (exact) mass is 224 g/mol. The fraction of sp³-hybridized carbons (Fsp3) is 0.385. The molecule has 1 N–H and O–H groups in total. The summed E-state index contributed by atoms with van der Waals surface area (Å²) in [5, 5.41) is 10.6. The largest absolute Gasteiger partial charge is 0.388 e. The van der Waals surface area contributed by atoms with Crippen molar-refractivity contribution in [1.29, 1.82) is 0 Å². The number of aliphatic hydroxyl groups excluding tert-OH is 1. The molecule has 1 aromatic carbocycles. The molecule has 0 heterocycles. The number of benzene rings is 1. The molecule has 0 fully saturated rings. The predicted octanol–water partition coefficient (Wildman–Crippen LogP) is 4.04. The van der Waals surface area contributed by atoms with Crippen molar-refractivity contribution < 1.29 is 5.11 Å². The van der Waals surface area contributed by atoms with Gasteiger partial charge in [-0.3, -0.25) is 0 Å². The summed E-state index contributed by atoms with van der Waals surface area (Å²) in [4.78, 5) is 0. The smallest absolute Gasteiger partial charge is 0.0793 e. The SMILES string of the molecule is C=C(C)CCC(O)c1cc(C)cc(Cl)c1. The highest BCUT2D eigenvalue weighted by Gasteiger charge is 2.08. The normalized spacial score (nSPS) is 12.5. The van der Waals surface area contributed by atoms with Gasteiger partial charge in [0.2, 0.25) is 0 Å². The van der Waals surface area contributed by atoms with Crippen LogP contribution < -0.4 is 0 Å². The van der Waals surface area contributed by atoms with Gasteiger partial charge < -0.3 is 5.11 Å². The molecule has 1 atom stereocenters. The number of halogens is 1. The molecule has 0 aliphatic carbocycles. The van der Waals surface area contributed by atoms with E-state index in [1.54, 1.807) is 0 Å². The van der Waals surface area contributed by atoms with E-state index < -0.39 is 6.10 Å². The van der Waals surface area contributed by atoms with Crippen molar-refractivity contribution in [2.75, 3.05) is 0 Å². The van der Waals surface area contributed by atoms with Crippen molar-refractivity contribution in [2.24, 2.45) is 0 Å². The Morgan fingerprint density at radius 2 is 2.13 bits per heavy atom. The second-order valence-corrected chi connectivity index (χ2v) is 4.51. The molecule has 0 bridgehead atoms. The van der Waals surface area contributed by atoms with E-state index in [1.807, 2.05) is 32.0 Å². The van der Waals surface area contributed by atoms with Crippen LogP contribution in [-0.2, 0) is 0 Å². The maximum Gasteiger partial charge on any atom is 0.0793 e. The first kappa shape index (κ1) is 12.3. The van der Waals surface area contributed by atoms with E-state index in [4.69, 9.17) is 11.6 Å². The van der Waals surface area contributed by atoms with Crippen LogP contribution in [0.2, 0.25) is 5.02 Å². The molecule has 0 spiro atoms. The van der Waals surface area contributed by atoms with Crippen molar-refractivity contribution in [3.05, 3.63) is 46.5 Å². The van der Waals surface area contributed by atoms with Crippen molar-refractivity contribution in [1.82, 2.24) is 0 Å². The molecule has 0 aliphatic rings. The van der Waals surface area contributed by atoms with Gasteiger partial charge in [0.25, 0.3) is 0 Å². The zero-order chi connectivity index (χ0) is 11.4. The van der Waals surface area contributed by atoms with E-state index in [0.717, 1.165) is 23.1 Å². The lowest BCUT2D eigenvalue weighted by molar-refractivity contribution is 0.168. The lowest BCUT2D eigenvalue weighted by Crippen LogP contribution is -1.98. The Kier molecular flexibility index (Phi) is 4.37. The highest BCUT2D eigenvalue weighted by molar-refractivity contribution is 6.30. The predicted molar refractivity (Wildman–Crippen MR) is 65.2 cm³/mol. The van der Waals surface area contributed by atoms with Crippen LogP contribution in [0.25, 0.3) is 0 Å². The average molecular weight is 225 g/mol. The number of rotatable bonds is 4. The fourth-order valence-electron chi connectivity index (χ4n) is 1.51. The van der Waals surface area contributed by atoms with Crippen LogP contribution in [0.5, 0.6) is 0 Å². The number of hydrogen-bond acceptors (Lipinski definition) is 1. The molecular weight excluding hydrogens is 208 g/mol. The van der Waals surface area contributed by atoms with Crippen molar-refractivity contribution in [3.63, 3.8) is 0 Å². The zero-order valence-electron chi connectivity index (χ0n) is 9.26. The van der Waals surface area contributed by atoms with Crippen LogP contribution in [0, 0.1) is 6.92 Å². The number of hydrogen-bond donors (Lipinski definition) is 1. The molecule has 15 heavy (non-hydrogen) atoms. The first-order chi connectivity index (χ1) is 6.99. The van der Waals surface area contributed by atoms with Gasteiger partial charge in [-0.25, -0.2) is 0 Å². The summed E-state index contributed by atoms with van der Waals surface area (Å²) in [5.41, 5.74) is 3.06. The van der Waals surface area contributed by atoms with Gasteiger partial charge in [-0.2, -0.15) is 0 Å². The summed E-state index contributed by atoms with van der Waals surface area (Å²) >= 11 is 5.93. The number of allylic oxidation sites excluding steroid dienone is 1. The Hall–Kier alpha value is -0.790. The summed E-state index contributed by atoms with van der Waals surface area (Å²) in [6.45, 7) is 7.76. The molecule has 0 saturated carbocycles. The van der Waals surface area contributed by atoms with Crippen LogP contribution in [-0.4, -0.2) is 5.11 Å². The van der Waals surface area contributed by atoms with Gasteiger partial charge in [0.1, 0.15) is 0 Å². The van der Waals surface area contributed by atoms with Crippen molar-refractivity contribution in [3.8, 4) is 0 Å². The Morgan fingerprint density at radius 3 is 2.67 bits per heavy atom. The Balaban J connectivity index is 2.72. The minimum Gasteiger partial charge on any atom is -0.388 e. The summed E-state index contributed by atoms with van der Waals surface area (Å²) in [6.07, 6.45) is 1.10. The first-order valence-electron chi connectivity index (χ1n) is 5.08. The summed E-state index contributed by atoms with van der Waals surface area (Å²) < 4.78 is 0. The lowest BCUT2D eigenvalue weighted by atomic mass is 10.0. The molecule has 0 radical (unpaired) electrons. The summed E-state index contributed by atoms with van der Waals surface area (Å²) in [6, 6.07) is 5.67. The average Bonchev–Trinajstić information content (AvgIpc) is 2.12.